The van der Waals surface area contributed by atoms with Crippen LogP contribution in [0.2, 0.25) is 0 Å². The maximum absolute atomic E-state index is 10.8. The van der Waals surface area contributed by atoms with Crippen LogP contribution in [-0.2, 0) is 19.7 Å². The minimum atomic E-state index is -3.84. The highest BCUT2D eigenvalue weighted by molar-refractivity contribution is 7.88. The topological polar surface area (TPSA) is 222 Å². The molecular formula is C12H20N8O6S. The van der Waals surface area contributed by atoms with E-state index in [4.69, 9.17) is 36.5 Å². The van der Waals surface area contributed by atoms with Crippen molar-refractivity contribution in [3.63, 3.8) is 0 Å². The number of azide groups is 2. The first-order valence-corrected chi connectivity index (χ1v) is 8.86. The first-order valence-electron chi connectivity index (χ1n) is 7.46. The van der Waals surface area contributed by atoms with Crippen molar-refractivity contribution in [1.29, 1.82) is 0 Å². The Balaban J connectivity index is 0.000000208. The Bertz CT molecular complexity index is 771. The van der Waals surface area contributed by atoms with Crippen molar-refractivity contribution < 1.29 is 28.1 Å². The molecule has 14 nitrogen and oxygen atoms in total. The predicted molar refractivity (Wildman–Crippen MR) is 92.5 cm³/mol. The van der Waals surface area contributed by atoms with E-state index in [9.17, 15) is 8.42 Å². The Hall–Kier alpha value is -2.35. The summed E-state index contributed by atoms with van der Waals surface area (Å²) in [6, 6.07) is 3.04. The van der Waals surface area contributed by atoms with Crippen molar-refractivity contribution in [2.75, 3.05) is 39.5 Å². The largest absolute Gasteiger partial charge is 0.385 e. The molecule has 4 N–H and O–H groups in total. The molecule has 3 rings (SSSR count). The lowest BCUT2D eigenvalue weighted by Gasteiger charge is -2.34. The molecule has 15 heteroatoms. The van der Waals surface area contributed by atoms with Crippen molar-refractivity contribution in [3.05, 3.63) is 45.4 Å². The van der Waals surface area contributed by atoms with E-state index in [1.165, 1.54) is 24.5 Å². The van der Waals surface area contributed by atoms with Gasteiger partial charge in [0.15, 0.2) is 0 Å². The molecule has 0 amide bonds. The Morgan fingerprint density at radius 3 is 1.89 bits per heavy atom. The molecule has 0 aliphatic carbocycles. The maximum atomic E-state index is 10.8. The third-order valence-electron chi connectivity index (χ3n) is 3.27. The normalized spacial score (nSPS) is 18.5. The van der Waals surface area contributed by atoms with Crippen molar-refractivity contribution in [2.45, 2.75) is 11.2 Å². The van der Waals surface area contributed by atoms with Gasteiger partial charge in [0, 0.05) is 28.8 Å². The molecule has 0 atom stereocenters. The van der Waals surface area contributed by atoms with Crippen molar-refractivity contribution in [3.8, 4) is 0 Å². The second-order valence-corrected chi connectivity index (χ2v) is 7.17. The minimum absolute atomic E-state index is 0.115. The molecule has 0 radical (unpaired) electrons. The molecule has 0 spiro atoms. The second-order valence-electron chi connectivity index (χ2n) is 5.69. The van der Waals surface area contributed by atoms with Crippen LogP contribution in [0.15, 0.2) is 34.2 Å². The average Bonchev–Trinajstić information content (AvgIpc) is 3.13. The molecule has 3 heterocycles. The zero-order valence-electron chi connectivity index (χ0n) is 14.2. The first kappa shape index (κ1) is 22.7. The fraction of sp³-hybridized carbons (Fsp3) is 0.667. The SMILES string of the molecule is NCC1(O)COC1.[N-]=[N+]=NCC1(O)COC1.[N-]=[N+]=NS(=O)(=O)n1cccc1. The third-order valence-corrected chi connectivity index (χ3v) is 4.33. The van der Waals surface area contributed by atoms with Gasteiger partial charge in [-0.1, -0.05) is 5.11 Å². The number of nitrogens with two attached hydrogens (primary N) is 1. The van der Waals surface area contributed by atoms with Gasteiger partial charge in [-0.2, -0.15) is 8.42 Å². The number of ether oxygens (including phenoxy) is 2. The van der Waals surface area contributed by atoms with Crippen molar-refractivity contribution >= 4 is 10.2 Å². The summed E-state index contributed by atoms with van der Waals surface area (Å²) in [5.74, 6) is 0. The zero-order valence-corrected chi connectivity index (χ0v) is 15.0. The molecule has 0 bridgehead atoms. The van der Waals surface area contributed by atoms with Gasteiger partial charge < -0.3 is 25.4 Å². The van der Waals surface area contributed by atoms with Gasteiger partial charge in [-0.15, -0.1) is 0 Å². The van der Waals surface area contributed by atoms with Gasteiger partial charge in [-0.05, 0) is 23.2 Å². The van der Waals surface area contributed by atoms with Crippen LogP contribution in [0, 0.1) is 0 Å². The van der Waals surface area contributed by atoms with Crippen LogP contribution in [0.3, 0.4) is 0 Å². The van der Waals surface area contributed by atoms with Gasteiger partial charge in [0.1, 0.15) is 11.2 Å². The zero-order chi connectivity index (χ0) is 20.4. The van der Waals surface area contributed by atoms with Gasteiger partial charge in [0.05, 0.1) is 37.5 Å². The summed E-state index contributed by atoms with van der Waals surface area (Å²) in [5, 5.41) is 21.3. The molecule has 0 unspecified atom stereocenters. The highest BCUT2D eigenvalue weighted by atomic mass is 32.2. The van der Waals surface area contributed by atoms with Gasteiger partial charge in [0.2, 0.25) is 0 Å². The maximum Gasteiger partial charge on any atom is 0.327 e. The summed E-state index contributed by atoms with van der Waals surface area (Å²) in [6.07, 6.45) is 2.56. The van der Waals surface area contributed by atoms with Gasteiger partial charge in [-0.25, -0.2) is 3.97 Å². The van der Waals surface area contributed by atoms with Crippen LogP contribution < -0.4 is 5.73 Å². The number of hydrogen-bond acceptors (Lipinski definition) is 8. The molecule has 0 saturated carbocycles. The van der Waals surface area contributed by atoms with Crippen LogP contribution in [-0.4, -0.2) is 73.3 Å². The fourth-order valence-electron chi connectivity index (χ4n) is 1.61. The van der Waals surface area contributed by atoms with E-state index >= 15 is 0 Å². The second kappa shape index (κ2) is 10.1. The molecule has 1 aromatic rings. The fourth-order valence-corrected chi connectivity index (χ4v) is 2.23. The van der Waals surface area contributed by atoms with E-state index in [2.05, 4.69) is 19.5 Å². The molecule has 2 aliphatic heterocycles. The standard InChI is InChI=1S/C4H4N4O2S.C4H7N3O2.C4H9NO2/c5-6-7-11(9,10)8-3-1-2-4-8;5-7-6-1-4(8)2-9-3-4;5-1-4(6)2-7-3-4/h1-4H;8H,1-3H2;6H,1-3,5H2. The highest BCUT2D eigenvalue weighted by Gasteiger charge is 2.35. The first-order chi connectivity index (χ1) is 12.7. The van der Waals surface area contributed by atoms with Crippen LogP contribution in [0.4, 0.5) is 0 Å². The molecule has 2 aliphatic rings. The van der Waals surface area contributed by atoms with Gasteiger partial charge in [0.25, 0.3) is 0 Å². The summed E-state index contributed by atoms with van der Waals surface area (Å²) in [4.78, 5) is 4.69. The highest BCUT2D eigenvalue weighted by Crippen LogP contribution is 2.16. The van der Waals surface area contributed by atoms with Crippen LogP contribution >= 0.6 is 0 Å². The van der Waals surface area contributed by atoms with Gasteiger partial charge >= 0.3 is 10.2 Å². The summed E-state index contributed by atoms with van der Waals surface area (Å²) in [6.45, 7) is 1.81. The molecule has 0 aromatic carbocycles. The summed E-state index contributed by atoms with van der Waals surface area (Å²) < 4.78 is 34.5. The lowest BCUT2D eigenvalue weighted by atomic mass is 10.0. The predicted octanol–water partition coefficient (Wildman–Crippen LogP) is -0.344. The lowest BCUT2D eigenvalue weighted by Crippen LogP contribution is -2.54. The van der Waals surface area contributed by atoms with E-state index in [0.717, 1.165) is 3.97 Å². The molecular weight excluding hydrogens is 384 g/mol. The monoisotopic (exact) mass is 404 g/mol. The number of aliphatic hydroxyl groups is 2. The molecule has 150 valence electrons. The minimum Gasteiger partial charge on any atom is -0.385 e. The molecule has 1 aromatic heterocycles. The smallest absolute Gasteiger partial charge is 0.327 e. The van der Waals surface area contributed by atoms with Crippen LogP contribution in [0.1, 0.15) is 0 Å². The number of nitrogens with zero attached hydrogens (tertiary/aromatic N) is 7. The summed E-state index contributed by atoms with van der Waals surface area (Å²) >= 11 is 0. The Kier molecular flexibility index (Phi) is 8.49. The van der Waals surface area contributed by atoms with Crippen LogP contribution in [0.5, 0.6) is 0 Å². The lowest BCUT2D eigenvalue weighted by molar-refractivity contribution is -0.171. The Labute approximate surface area is 154 Å². The van der Waals surface area contributed by atoms with Crippen molar-refractivity contribution in [1.82, 2.24) is 3.97 Å². The van der Waals surface area contributed by atoms with E-state index in [0.29, 0.717) is 19.8 Å². The average molecular weight is 404 g/mol. The molecule has 2 fully saturated rings. The molecule has 2 saturated heterocycles. The number of hydrogen-bond donors (Lipinski definition) is 3. The number of aromatic nitrogens is 1. The molecule has 27 heavy (non-hydrogen) atoms. The third kappa shape index (κ3) is 7.42. The quantitative estimate of drug-likeness (QED) is 0.336. The summed E-state index contributed by atoms with van der Waals surface area (Å²) in [5.41, 5.74) is 19.3. The van der Waals surface area contributed by atoms with E-state index in [1.54, 1.807) is 0 Å². The van der Waals surface area contributed by atoms with Crippen LogP contribution in [0.25, 0.3) is 20.9 Å². The van der Waals surface area contributed by atoms with E-state index < -0.39 is 21.4 Å². The Morgan fingerprint density at radius 2 is 1.59 bits per heavy atom. The van der Waals surface area contributed by atoms with E-state index in [-0.39, 0.29) is 19.8 Å². The van der Waals surface area contributed by atoms with E-state index in [1.807, 2.05) is 0 Å². The number of rotatable bonds is 5. The summed E-state index contributed by atoms with van der Waals surface area (Å²) in [7, 11) is -3.84. The Morgan fingerprint density at radius 1 is 1.07 bits per heavy atom. The van der Waals surface area contributed by atoms with Crippen molar-refractivity contribution in [2.24, 2.45) is 15.4 Å². The van der Waals surface area contributed by atoms with Gasteiger partial charge in [-0.3, -0.25) is 0 Å².